The highest BCUT2D eigenvalue weighted by Gasteiger charge is 2.49. The molecule has 5 N–H and O–H groups in total. The van der Waals surface area contributed by atoms with E-state index in [1.165, 1.54) is 25.3 Å². The van der Waals surface area contributed by atoms with E-state index < -0.39 is 88.6 Å². The van der Waals surface area contributed by atoms with Crippen LogP contribution >= 0.6 is 15.9 Å². The Morgan fingerprint density at radius 2 is 1.84 bits per heavy atom. The Kier molecular flexibility index (Phi) is 9.36. The zero-order valence-corrected chi connectivity index (χ0v) is 26.4. The summed E-state index contributed by atoms with van der Waals surface area (Å²) >= 11 is 3.24. The second-order valence-corrected chi connectivity index (χ2v) is 12.3. The van der Waals surface area contributed by atoms with Crippen molar-refractivity contribution in [3.8, 4) is 17.2 Å². The number of carbonyl (C=O) groups is 4. The molecule has 0 amide bonds. The zero-order valence-electron chi connectivity index (χ0n) is 24.8. The molecule has 1 fully saturated rings. The molecule has 13 nitrogen and oxygen atoms in total. The van der Waals surface area contributed by atoms with E-state index in [1.54, 1.807) is 6.92 Å². The number of methoxy groups -OCH3 is 1. The average Bonchev–Trinajstić information content (AvgIpc) is 3.00. The first-order chi connectivity index (χ1) is 21.3. The Labute approximate surface area is 266 Å². The fraction of sp³-hybridized carbons (Fsp3) is 0.484. The van der Waals surface area contributed by atoms with E-state index in [-0.39, 0.29) is 47.3 Å². The van der Waals surface area contributed by atoms with Gasteiger partial charge in [-0.05, 0) is 26.3 Å². The van der Waals surface area contributed by atoms with Gasteiger partial charge in [-0.15, -0.1) is 5.48 Å². The van der Waals surface area contributed by atoms with Gasteiger partial charge < -0.3 is 39.5 Å². The number of Topliss-reactive ketones (excluding diaryl/α,β-unsaturated/α-hetero) is 1. The van der Waals surface area contributed by atoms with Crippen molar-refractivity contribution in [1.82, 2.24) is 5.48 Å². The standard InChI is InChI=1S/C31H34BrNO12/c1-13-26(36)17(33-45-20(35)8-5-9-32)10-21(43-13)44-19-12-31(41,14(2)34)11-16-23(19)30(40)25-24(28(16)38)27(37)15-6-4-7-18(42-3)22(15)29(25)39/h4,6-7,13,17,19,21,26,33,36,38,40-41H,5,8-12H2,1-3H3/t13-,17-,19-,21-,26+,31-/m0/s1. The average molecular weight is 693 g/mol. The Bertz CT molecular complexity index is 1560. The third-order valence-electron chi connectivity index (χ3n) is 8.59. The Hall–Kier alpha value is -3.40. The molecule has 1 saturated heterocycles. The number of nitrogens with one attached hydrogen (secondary N) is 1. The van der Waals surface area contributed by atoms with Crippen LogP contribution in [0.4, 0.5) is 0 Å². The van der Waals surface area contributed by atoms with Gasteiger partial charge in [0, 0.05) is 47.7 Å². The molecule has 2 aromatic carbocycles. The number of alkyl halides is 1. The van der Waals surface area contributed by atoms with Crippen molar-refractivity contribution >= 4 is 39.2 Å². The van der Waals surface area contributed by atoms with Gasteiger partial charge in [0.05, 0.1) is 48.2 Å². The lowest BCUT2D eigenvalue weighted by Gasteiger charge is -2.42. The lowest BCUT2D eigenvalue weighted by atomic mass is 9.72. The summed E-state index contributed by atoms with van der Waals surface area (Å²) in [4.78, 5) is 57.2. The zero-order chi connectivity index (χ0) is 32.8. The predicted octanol–water partition coefficient (Wildman–Crippen LogP) is 2.29. The summed E-state index contributed by atoms with van der Waals surface area (Å²) in [5.74, 6) is -3.92. The number of carbonyl (C=O) groups excluding carboxylic acids is 4. The maximum Gasteiger partial charge on any atom is 0.324 e. The molecule has 0 saturated carbocycles. The van der Waals surface area contributed by atoms with Crippen molar-refractivity contribution < 1.29 is 58.7 Å². The lowest BCUT2D eigenvalue weighted by Crippen LogP contribution is -2.54. The van der Waals surface area contributed by atoms with Gasteiger partial charge in [-0.2, -0.15) is 0 Å². The van der Waals surface area contributed by atoms with Crippen molar-refractivity contribution in [2.45, 2.75) is 82.2 Å². The maximum absolute atomic E-state index is 13.8. The Morgan fingerprint density at radius 3 is 2.51 bits per heavy atom. The number of aliphatic hydroxyl groups is 2. The molecule has 45 heavy (non-hydrogen) atoms. The number of aliphatic hydroxyl groups excluding tert-OH is 1. The quantitative estimate of drug-likeness (QED) is 0.125. The van der Waals surface area contributed by atoms with Crippen LogP contribution in [0.15, 0.2) is 18.2 Å². The molecule has 0 radical (unpaired) electrons. The molecular formula is C31H34BrNO12. The van der Waals surface area contributed by atoms with Crippen molar-refractivity contribution in [2.75, 3.05) is 12.4 Å². The molecule has 0 unspecified atom stereocenters. The van der Waals surface area contributed by atoms with Crippen molar-refractivity contribution in [3.63, 3.8) is 0 Å². The van der Waals surface area contributed by atoms with E-state index in [4.69, 9.17) is 19.0 Å². The third-order valence-corrected chi connectivity index (χ3v) is 9.15. The molecule has 0 bridgehead atoms. The van der Waals surface area contributed by atoms with Crippen LogP contribution in [0.2, 0.25) is 0 Å². The number of hydrogen-bond donors (Lipinski definition) is 5. The van der Waals surface area contributed by atoms with E-state index >= 15 is 0 Å². The van der Waals surface area contributed by atoms with E-state index in [2.05, 4.69) is 21.4 Å². The minimum atomic E-state index is -2.07. The number of rotatable bonds is 9. The molecule has 1 heterocycles. The van der Waals surface area contributed by atoms with Gasteiger partial charge >= 0.3 is 5.97 Å². The topological polar surface area (TPSA) is 198 Å². The summed E-state index contributed by atoms with van der Waals surface area (Å²) in [6, 6.07) is 3.56. The van der Waals surface area contributed by atoms with Crippen molar-refractivity contribution in [3.05, 3.63) is 51.6 Å². The lowest BCUT2D eigenvalue weighted by molar-refractivity contribution is -0.256. The van der Waals surface area contributed by atoms with E-state index in [9.17, 15) is 39.6 Å². The van der Waals surface area contributed by atoms with Crippen LogP contribution in [0.5, 0.6) is 17.2 Å². The van der Waals surface area contributed by atoms with Crippen LogP contribution in [-0.4, -0.2) is 86.3 Å². The first kappa shape index (κ1) is 33.0. The monoisotopic (exact) mass is 691 g/mol. The molecular weight excluding hydrogens is 658 g/mol. The van der Waals surface area contributed by atoms with Crippen LogP contribution in [0.25, 0.3) is 0 Å². The number of hydrogen-bond acceptors (Lipinski definition) is 13. The number of benzene rings is 2. The highest BCUT2D eigenvalue weighted by molar-refractivity contribution is 9.09. The minimum absolute atomic E-state index is 0.0403. The summed E-state index contributed by atoms with van der Waals surface area (Å²) < 4.78 is 17.3. The van der Waals surface area contributed by atoms with Crippen LogP contribution in [0.3, 0.4) is 0 Å². The number of ketones is 3. The molecule has 14 heteroatoms. The molecule has 3 aliphatic rings. The van der Waals surface area contributed by atoms with Gasteiger partial charge in [-0.25, -0.2) is 0 Å². The number of aromatic hydroxyl groups is 2. The summed E-state index contributed by atoms with van der Waals surface area (Å²) in [7, 11) is 1.33. The van der Waals surface area contributed by atoms with E-state index in [0.717, 1.165) is 6.92 Å². The van der Waals surface area contributed by atoms with Gasteiger partial charge in [0.1, 0.15) is 22.8 Å². The Morgan fingerprint density at radius 1 is 1.13 bits per heavy atom. The van der Waals surface area contributed by atoms with E-state index in [1.807, 2.05) is 0 Å². The molecule has 5 rings (SSSR count). The maximum atomic E-state index is 13.8. The summed E-state index contributed by atoms with van der Waals surface area (Å²) in [6.45, 7) is 2.73. The highest BCUT2D eigenvalue weighted by Crippen LogP contribution is 2.52. The third kappa shape index (κ3) is 5.86. The molecule has 2 aromatic rings. The normalized spacial score (nSPS) is 27.3. The minimum Gasteiger partial charge on any atom is -0.507 e. The molecule has 242 valence electrons. The van der Waals surface area contributed by atoms with Crippen molar-refractivity contribution in [2.24, 2.45) is 0 Å². The first-order valence-corrected chi connectivity index (χ1v) is 15.6. The van der Waals surface area contributed by atoms with Crippen LogP contribution in [0, 0.1) is 0 Å². The number of hydroxylamine groups is 1. The molecule has 6 atom stereocenters. The smallest absolute Gasteiger partial charge is 0.324 e. The number of ether oxygens (including phenoxy) is 3. The largest absolute Gasteiger partial charge is 0.507 e. The molecule has 0 aromatic heterocycles. The number of halogens is 1. The van der Waals surface area contributed by atoms with Crippen LogP contribution in [0.1, 0.15) is 88.6 Å². The summed E-state index contributed by atoms with van der Waals surface area (Å²) in [6.07, 6.45) is -4.63. The number of phenolic OH excluding ortho intramolecular Hbond substituents is 2. The SMILES string of the molecule is COc1cccc2c1C(=O)c1c(O)c3c(c(O)c1C2=O)C[C@@](O)(C(C)=O)C[C@@H]3O[C@H]1C[C@H](NOC(=O)CCCBr)[C@H](O)[C@H](C)O1. The second-order valence-electron chi connectivity index (χ2n) is 11.5. The first-order valence-electron chi connectivity index (χ1n) is 14.4. The van der Waals surface area contributed by atoms with Gasteiger partial charge in [-0.1, -0.05) is 28.1 Å². The van der Waals surface area contributed by atoms with Crippen molar-refractivity contribution in [1.29, 1.82) is 0 Å². The van der Waals surface area contributed by atoms with Crippen LogP contribution < -0.4 is 10.2 Å². The fourth-order valence-electron chi connectivity index (χ4n) is 6.14. The second kappa shape index (κ2) is 12.8. The highest BCUT2D eigenvalue weighted by atomic mass is 79.9. The van der Waals surface area contributed by atoms with Gasteiger partial charge in [-0.3, -0.25) is 19.2 Å². The summed E-state index contributed by atoms with van der Waals surface area (Å²) in [5.41, 5.74) is -0.775. The molecule has 0 spiro atoms. The molecule has 1 aliphatic heterocycles. The van der Waals surface area contributed by atoms with Gasteiger partial charge in [0.2, 0.25) is 5.78 Å². The van der Waals surface area contributed by atoms with Crippen LogP contribution in [-0.2, 0) is 30.3 Å². The van der Waals surface area contributed by atoms with Gasteiger partial charge in [0.15, 0.2) is 17.9 Å². The number of fused-ring (bicyclic) bond motifs is 3. The van der Waals surface area contributed by atoms with E-state index in [0.29, 0.717) is 11.8 Å². The number of phenols is 2. The fourth-order valence-corrected chi connectivity index (χ4v) is 6.42. The summed E-state index contributed by atoms with van der Waals surface area (Å²) in [5, 5.41) is 45.8. The molecule has 2 aliphatic carbocycles. The predicted molar refractivity (Wildman–Crippen MR) is 158 cm³/mol. The Balaban J connectivity index is 1.54. The van der Waals surface area contributed by atoms with Gasteiger partial charge in [0.25, 0.3) is 0 Å².